The molecule has 0 aliphatic carbocycles. The Hall–Kier alpha value is 0.350. The van der Waals surface area contributed by atoms with Crippen LogP contribution < -0.4 is 0 Å². The van der Waals surface area contributed by atoms with Crippen LogP contribution in [0.15, 0.2) is 0 Å². The van der Waals surface area contributed by atoms with E-state index in [0.29, 0.717) is 0 Å². The standard InChI is InChI=1S/C12H19Cl3O8.C5H12O5/c13-1-4-7(17)10(20)12(3-14,22-4)23-11-9(19)8(18)6(15)5(2-16)21-11;6-1-3(8)5(10)4(9)2-7/h4-11,16-20H,1-3H2;3-10H,1-2H2/t4-,5-,6+,7-,8+,9-,10+,11-,12+;3-,4+,5+/m1./s1. The van der Waals surface area contributed by atoms with Crippen molar-refractivity contribution < 1.29 is 65.3 Å². The van der Waals surface area contributed by atoms with Crippen LogP contribution in [0.4, 0.5) is 0 Å². The molecule has 0 spiro atoms. The molecule has 0 amide bonds. The second-order valence-electron chi connectivity index (χ2n) is 7.45. The Balaban J connectivity index is 0.000000461. The molecule has 0 radical (unpaired) electrons. The fourth-order valence-electron chi connectivity index (χ4n) is 3.03. The van der Waals surface area contributed by atoms with Crippen molar-refractivity contribution >= 4 is 34.8 Å². The second-order valence-corrected chi connectivity index (χ2v) is 8.53. The van der Waals surface area contributed by atoms with Crippen LogP contribution in [0.3, 0.4) is 0 Å². The smallest absolute Gasteiger partial charge is 0.214 e. The van der Waals surface area contributed by atoms with Crippen LogP contribution in [0, 0.1) is 0 Å². The van der Waals surface area contributed by atoms with Crippen molar-refractivity contribution in [3.8, 4) is 0 Å². The van der Waals surface area contributed by atoms with E-state index in [-0.39, 0.29) is 5.88 Å². The van der Waals surface area contributed by atoms with Gasteiger partial charge < -0.3 is 65.3 Å². The van der Waals surface area contributed by atoms with Gasteiger partial charge in [-0.15, -0.1) is 34.8 Å². The van der Waals surface area contributed by atoms with Gasteiger partial charge in [0, 0.05) is 0 Å². The van der Waals surface area contributed by atoms with Crippen LogP contribution in [0.2, 0.25) is 0 Å². The van der Waals surface area contributed by atoms with Crippen molar-refractivity contribution in [2.45, 2.75) is 72.4 Å². The van der Waals surface area contributed by atoms with Gasteiger partial charge in [0.25, 0.3) is 0 Å². The van der Waals surface area contributed by atoms with Crippen LogP contribution in [0.1, 0.15) is 0 Å². The third-order valence-electron chi connectivity index (χ3n) is 5.12. The lowest BCUT2D eigenvalue weighted by atomic mass is 10.0. The molecule has 2 aliphatic rings. The van der Waals surface area contributed by atoms with Crippen LogP contribution in [0.5, 0.6) is 0 Å². The molecule has 12 atom stereocenters. The van der Waals surface area contributed by atoms with Gasteiger partial charge in [-0.3, -0.25) is 0 Å². The number of aliphatic hydroxyl groups is 10. The van der Waals surface area contributed by atoms with E-state index in [2.05, 4.69) is 0 Å². The summed E-state index contributed by atoms with van der Waals surface area (Å²) in [5.74, 6) is -2.43. The third-order valence-corrected chi connectivity index (χ3v) is 6.34. The summed E-state index contributed by atoms with van der Waals surface area (Å²) >= 11 is 17.3. The van der Waals surface area contributed by atoms with Gasteiger partial charge in [-0.05, 0) is 0 Å². The van der Waals surface area contributed by atoms with Crippen molar-refractivity contribution in [1.29, 1.82) is 0 Å². The Morgan fingerprint density at radius 1 is 0.848 bits per heavy atom. The van der Waals surface area contributed by atoms with E-state index in [1.54, 1.807) is 0 Å². The minimum atomic E-state index is -1.90. The topological polar surface area (TPSA) is 230 Å². The average molecular weight is 550 g/mol. The van der Waals surface area contributed by atoms with Gasteiger partial charge in [0.05, 0.1) is 37.0 Å². The Bertz CT molecular complexity index is 554. The number of ether oxygens (including phenoxy) is 3. The molecule has 2 rings (SSSR count). The van der Waals surface area contributed by atoms with E-state index in [0.717, 1.165) is 0 Å². The number of hydrogen-bond acceptors (Lipinski definition) is 13. The van der Waals surface area contributed by atoms with Crippen molar-refractivity contribution in [3.63, 3.8) is 0 Å². The van der Waals surface area contributed by atoms with Crippen LogP contribution in [-0.2, 0) is 14.2 Å². The van der Waals surface area contributed by atoms with Crippen molar-refractivity contribution in [1.82, 2.24) is 0 Å². The zero-order valence-corrected chi connectivity index (χ0v) is 19.5. The maximum absolute atomic E-state index is 10.1. The van der Waals surface area contributed by atoms with Crippen LogP contribution in [0.25, 0.3) is 0 Å². The fraction of sp³-hybridized carbons (Fsp3) is 1.00. The molecule has 0 aromatic rings. The summed E-state index contributed by atoms with van der Waals surface area (Å²) in [6.07, 6.45) is -13.7. The molecule has 0 bridgehead atoms. The maximum atomic E-state index is 10.1. The van der Waals surface area contributed by atoms with Gasteiger partial charge in [-0.25, -0.2) is 0 Å². The highest BCUT2D eigenvalue weighted by Gasteiger charge is 2.58. The molecular weight excluding hydrogens is 519 g/mol. The molecule has 0 saturated carbocycles. The van der Waals surface area contributed by atoms with E-state index in [4.69, 9.17) is 74.5 Å². The number of halogens is 3. The number of rotatable bonds is 9. The van der Waals surface area contributed by atoms with Crippen LogP contribution in [-0.4, -0.2) is 155 Å². The minimum Gasteiger partial charge on any atom is -0.394 e. The summed E-state index contributed by atoms with van der Waals surface area (Å²) in [6, 6.07) is 0. The molecule has 2 aliphatic heterocycles. The highest BCUT2D eigenvalue weighted by Crippen LogP contribution is 2.37. The molecule has 2 fully saturated rings. The van der Waals surface area contributed by atoms with E-state index < -0.39 is 98.1 Å². The molecule has 13 nitrogen and oxygen atoms in total. The lowest BCUT2D eigenvalue weighted by molar-refractivity contribution is -0.357. The van der Waals surface area contributed by atoms with Gasteiger partial charge in [0.1, 0.15) is 54.9 Å². The van der Waals surface area contributed by atoms with Crippen LogP contribution >= 0.6 is 34.8 Å². The van der Waals surface area contributed by atoms with Crippen molar-refractivity contribution in [3.05, 3.63) is 0 Å². The zero-order valence-electron chi connectivity index (χ0n) is 17.2. The SMILES string of the molecule is OC[C@@H](O)[C@H](O)[C@@H](O)CO.OC[C@H]1O[C@H](O[C@]2(CCl)O[C@H](CCl)[C@@H](O)[C@@H]2O)[C@H](O)[C@@H](O)[C@H]1Cl. The maximum Gasteiger partial charge on any atom is 0.214 e. The average Bonchev–Trinajstić information content (AvgIpc) is 3.08. The number of aliphatic hydroxyl groups excluding tert-OH is 10. The first kappa shape index (κ1) is 31.4. The van der Waals surface area contributed by atoms with Crippen molar-refractivity contribution in [2.24, 2.45) is 0 Å². The van der Waals surface area contributed by atoms with E-state index >= 15 is 0 Å². The molecule has 0 unspecified atom stereocenters. The van der Waals surface area contributed by atoms with Gasteiger partial charge in [-0.2, -0.15) is 0 Å². The lowest BCUT2D eigenvalue weighted by Gasteiger charge is -2.43. The summed E-state index contributed by atoms with van der Waals surface area (Å²) in [7, 11) is 0. The number of alkyl halides is 3. The Labute approximate surface area is 204 Å². The summed E-state index contributed by atoms with van der Waals surface area (Å²) in [5, 5.41) is 90.7. The lowest BCUT2D eigenvalue weighted by Crippen LogP contribution is -2.61. The Morgan fingerprint density at radius 2 is 1.39 bits per heavy atom. The van der Waals surface area contributed by atoms with E-state index in [1.165, 1.54) is 0 Å². The van der Waals surface area contributed by atoms with Crippen molar-refractivity contribution in [2.75, 3.05) is 31.6 Å². The second kappa shape index (κ2) is 14.2. The summed E-state index contributed by atoms with van der Waals surface area (Å²) in [6.45, 7) is -1.81. The summed E-state index contributed by atoms with van der Waals surface area (Å²) in [5.41, 5.74) is 0. The molecule has 2 saturated heterocycles. The summed E-state index contributed by atoms with van der Waals surface area (Å²) < 4.78 is 16.1. The first-order valence-electron chi connectivity index (χ1n) is 9.80. The van der Waals surface area contributed by atoms with Gasteiger partial charge in [0.2, 0.25) is 5.79 Å². The summed E-state index contributed by atoms with van der Waals surface area (Å²) in [4.78, 5) is 0. The first-order chi connectivity index (χ1) is 15.4. The quantitative estimate of drug-likeness (QED) is 0.122. The third kappa shape index (κ3) is 7.43. The van der Waals surface area contributed by atoms with Gasteiger partial charge >= 0.3 is 0 Å². The highest BCUT2D eigenvalue weighted by atomic mass is 35.5. The molecule has 10 N–H and O–H groups in total. The first-order valence-corrected chi connectivity index (χ1v) is 11.3. The van der Waals surface area contributed by atoms with Gasteiger partial charge in [0.15, 0.2) is 6.29 Å². The highest BCUT2D eigenvalue weighted by molar-refractivity contribution is 6.21. The number of hydrogen-bond donors (Lipinski definition) is 10. The Morgan fingerprint density at radius 3 is 1.79 bits per heavy atom. The molecule has 0 aromatic carbocycles. The normalized spacial score (nSPS) is 41.7. The predicted molar refractivity (Wildman–Crippen MR) is 112 cm³/mol. The molecule has 198 valence electrons. The zero-order chi connectivity index (χ0) is 25.5. The van der Waals surface area contributed by atoms with Gasteiger partial charge in [-0.1, -0.05) is 0 Å². The minimum absolute atomic E-state index is 0.125. The van der Waals surface area contributed by atoms with E-state index in [9.17, 15) is 25.5 Å². The molecular formula is C17H31Cl3O13. The monoisotopic (exact) mass is 548 g/mol. The largest absolute Gasteiger partial charge is 0.394 e. The fourth-order valence-corrected chi connectivity index (χ4v) is 3.85. The Kier molecular flexibility index (Phi) is 13.5. The molecule has 0 aromatic heterocycles. The molecule has 16 heteroatoms. The molecule has 2 heterocycles. The van der Waals surface area contributed by atoms with E-state index in [1.807, 2.05) is 0 Å². The molecule has 33 heavy (non-hydrogen) atoms. The predicted octanol–water partition coefficient (Wildman–Crippen LogP) is -4.60.